The SMILES string of the molecule is CCCCCC/C=C\[C@H]1[C@@H](c2ccccc2)N(c2ccccc2)O[C@@H]1CCCCCCC(=O)O. The molecule has 4 nitrogen and oxygen atoms in total. The van der Waals surface area contributed by atoms with Gasteiger partial charge < -0.3 is 5.11 Å². The lowest BCUT2D eigenvalue weighted by molar-refractivity contribution is -0.137. The number of nitrogens with zero attached hydrogens (tertiary/aromatic N) is 1. The summed E-state index contributed by atoms with van der Waals surface area (Å²) in [4.78, 5) is 17.4. The molecule has 0 amide bonds. The molecule has 3 rings (SSSR count). The first-order valence-electron chi connectivity index (χ1n) is 13.1. The molecule has 1 aliphatic rings. The number of carboxylic acids is 1. The van der Waals surface area contributed by atoms with Crippen LogP contribution >= 0.6 is 0 Å². The molecule has 0 spiro atoms. The van der Waals surface area contributed by atoms with Crippen LogP contribution in [-0.4, -0.2) is 17.2 Å². The maximum absolute atomic E-state index is 10.8. The first-order chi connectivity index (χ1) is 16.7. The van der Waals surface area contributed by atoms with Crippen molar-refractivity contribution in [2.24, 2.45) is 5.92 Å². The third-order valence-electron chi connectivity index (χ3n) is 6.66. The second-order valence-corrected chi connectivity index (χ2v) is 9.36. The van der Waals surface area contributed by atoms with Gasteiger partial charge in [0.15, 0.2) is 0 Å². The third-order valence-corrected chi connectivity index (χ3v) is 6.66. The number of unbranched alkanes of at least 4 members (excludes halogenated alkanes) is 7. The van der Waals surface area contributed by atoms with Gasteiger partial charge in [-0.3, -0.25) is 9.63 Å². The molecule has 0 aliphatic carbocycles. The van der Waals surface area contributed by atoms with Gasteiger partial charge in [0.1, 0.15) is 0 Å². The van der Waals surface area contributed by atoms with Crippen LogP contribution in [0.2, 0.25) is 0 Å². The lowest BCUT2D eigenvalue weighted by Gasteiger charge is -2.26. The zero-order valence-corrected chi connectivity index (χ0v) is 20.6. The Morgan fingerprint density at radius 2 is 1.59 bits per heavy atom. The Kier molecular flexibility index (Phi) is 11.2. The fraction of sp³-hybridized carbons (Fsp3) is 0.500. The van der Waals surface area contributed by atoms with Crippen molar-refractivity contribution in [3.05, 3.63) is 78.4 Å². The highest BCUT2D eigenvalue weighted by atomic mass is 16.7. The Hall–Kier alpha value is -2.59. The summed E-state index contributed by atoms with van der Waals surface area (Å²) in [6.07, 6.45) is 16.1. The van der Waals surface area contributed by atoms with Crippen LogP contribution in [0.5, 0.6) is 0 Å². The average Bonchev–Trinajstić information content (AvgIpc) is 3.22. The van der Waals surface area contributed by atoms with Gasteiger partial charge >= 0.3 is 5.97 Å². The Bertz CT molecular complexity index is 852. The molecule has 1 saturated heterocycles. The molecule has 4 heteroatoms. The summed E-state index contributed by atoms with van der Waals surface area (Å²) in [7, 11) is 0. The topological polar surface area (TPSA) is 49.8 Å². The van der Waals surface area contributed by atoms with Gasteiger partial charge in [-0.05, 0) is 43.4 Å². The van der Waals surface area contributed by atoms with E-state index in [9.17, 15) is 4.79 Å². The first-order valence-corrected chi connectivity index (χ1v) is 13.1. The van der Waals surface area contributed by atoms with Gasteiger partial charge in [0.05, 0.1) is 17.8 Å². The van der Waals surface area contributed by atoms with Gasteiger partial charge in [-0.25, -0.2) is 5.06 Å². The van der Waals surface area contributed by atoms with E-state index >= 15 is 0 Å². The molecule has 34 heavy (non-hydrogen) atoms. The van der Waals surface area contributed by atoms with Crippen LogP contribution in [0.15, 0.2) is 72.8 Å². The van der Waals surface area contributed by atoms with Crippen LogP contribution in [0, 0.1) is 5.92 Å². The molecule has 1 aliphatic heterocycles. The number of carbonyl (C=O) groups is 1. The lowest BCUT2D eigenvalue weighted by Crippen LogP contribution is -2.23. The monoisotopic (exact) mass is 463 g/mol. The molecule has 1 N–H and O–H groups in total. The summed E-state index contributed by atoms with van der Waals surface area (Å²) in [5.41, 5.74) is 2.36. The van der Waals surface area contributed by atoms with Crippen LogP contribution < -0.4 is 5.06 Å². The summed E-state index contributed by atoms with van der Waals surface area (Å²) in [5, 5.41) is 11.0. The molecule has 0 radical (unpaired) electrons. The first kappa shape index (κ1) is 26.0. The Morgan fingerprint density at radius 1 is 0.912 bits per heavy atom. The van der Waals surface area contributed by atoms with E-state index < -0.39 is 5.97 Å². The number of allylic oxidation sites excluding steroid dienone is 1. The number of benzene rings is 2. The number of para-hydroxylation sites is 1. The van der Waals surface area contributed by atoms with E-state index in [4.69, 9.17) is 9.94 Å². The molecular weight excluding hydrogens is 422 g/mol. The molecule has 1 fully saturated rings. The molecule has 1 heterocycles. The van der Waals surface area contributed by atoms with E-state index in [1.54, 1.807) is 0 Å². The summed E-state index contributed by atoms with van der Waals surface area (Å²) >= 11 is 0. The number of hydrogen-bond donors (Lipinski definition) is 1. The summed E-state index contributed by atoms with van der Waals surface area (Å²) in [5.74, 6) is -0.430. The standard InChI is InChI=1S/C30H41NO3/c1-2-3-4-5-6-15-22-27-28(23-16-7-8-17-24-29(32)33)34-31(26-20-13-10-14-21-26)30(27)25-18-11-9-12-19-25/h9-15,18-22,27-28,30H,2-8,16-17,23-24H2,1H3,(H,32,33)/b22-15-/t27-,28-,30-/m1/s1. The van der Waals surface area contributed by atoms with E-state index in [1.165, 1.54) is 31.2 Å². The van der Waals surface area contributed by atoms with Crippen molar-refractivity contribution in [3.8, 4) is 0 Å². The van der Waals surface area contributed by atoms with Crippen molar-refractivity contribution in [1.82, 2.24) is 0 Å². The predicted octanol–water partition coefficient (Wildman–Crippen LogP) is 8.12. The smallest absolute Gasteiger partial charge is 0.303 e. The Labute approximate surface area is 205 Å². The maximum Gasteiger partial charge on any atom is 0.303 e. The van der Waals surface area contributed by atoms with E-state index in [0.717, 1.165) is 44.2 Å². The second kappa shape index (κ2) is 14.6. The van der Waals surface area contributed by atoms with Crippen LogP contribution in [-0.2, 0) is 9.63 Å². The number of rotatable bonds is 15. The van der Waals surface area contributed by atoms with E-state index in [2.05, 4.69) is 78.7 Å². The Morgan fingerprint density at radius 3 is 2.29 bits per heavy atom. The van der Waals surface area contributed by atoms with Crippen molar-refractivity contribution in [2.75, 3.05) is 5.06 Å². The predicted molar refractivity (Wildman–Crippen MR) is 140 cm³/mol. The van der Waals surface area contributed by atoms with Gasteiger partial charge in [-0.1, -0.05) is 106 Å². The molecule has 2 aromatic rings. The number of aliphatic carboxylic acids is 1. The van der Waals surface area contributed by atoms with Crippen LogP contribution in [0.25, 0.3) is 0 Å². The largest absolute Gasteiger partial charge is 0.481 e. The van der Waals surface area contributed by atoms with E-state index in [0.29, 0.717) is 0 Å². The average molecular weight is 464 g/mol. The number of carboxylic acid groups (broad SMARTS) is 1. The van der Waals surface area contributed by atoms with Gasteiger partial charge in [-0.2, -0.15) is 0 Å². The molecule has 0 saturated carbocycles. The fourth-order valence-corrected chi connectivity index (χ4v) is 4.84. The minimum atomic E-state index is -0.701. The molecular formula is C30H41NO3. The normalized spacial score (nSPS) is 20.3. The van der Waals surface area contributed by atoms with Crippen molar-refractivity contribution in [2.45, 2.75) is 89.7 Å². The molecule has 3 atom stereocenters. The summed E-state index contributed by atoms with van der Waals surface area (Å²) in [6, 6.07) is 21.3. The van der Waals surface area contributed by atoms with Crippen molar-refractivity contribution < 1.29 is 14.7 Å². The Balaban J connectivity index is 1.74. The number of anilines is 1. The van der Waals surface area contributed by atoms with Crippen molar-refractivity contribution >= 4 is 11.7 Å². The highest BCUT2D eigenvalue weighted by Crippen LogP contribution is 2.44. The van der Waals surface area contributed by atoms with Crippen LogP contribution in [0.3, 0.4) is 0 Å². The minimum absolute atomic E-state index is 0.108. The zero-order chi connectivity index (χ0) is 24.0. The molecule has 0 unspecified atom stereocenters. The zero-order valence-electron chi connectivity index (χ0n) is 20.6. The van der Waals surface area contributed by atoms with E-state index in [-0.39, 0.29) is 24.5 Å². The molecule has 2 aromatic carbocycles. The molecule has 184 valence electrons. The highest BCUT2D eigenvalue weighted by molar-refractivity contribution is 5.66. The van der Waals surface area contributed by atoms with E-state index in [1.807, 2.05) is 6.07 Å². The number of hydroxylamine groups is 1. The third kappa shape index (κ3) is 8.02. The lowest BCUT2D eigenvalue weighted by atomic mass is 9.86. The fourth-order valence-electron chi connectivity index (χ4n) is 4.84. The second-order valence-electron chi connectivity index (χ2n) is 9.36. The molecule has 0 aromatic heterocycles. The summed E-state index contributed by atoms with van der Waals surface area (Å²) < 4.78 is 0. The van der Waals surface area contributed by atoms with Gasteiger partial charge in [0.25, 0.3) is 0 Å². The highest BCUT2D eigenvalue weighted by Gasteiger charge is 2.42. The van der Waals surface area contributed by atoms with Crippen molar-refractivity contribution in [3.63, 3.8) is 0 Å². The number of hydrogen-bond acceptors (Lipinski definition) is 3. The van der Waals surface area contributed by atoms with Gasteiger partial charge in [0.2, 0.25) is 0 Å². The van der Waals surface area contributed by atoms with Crippen LogP contribution in [0.1, 0.15) is 89.2 Å². The summed E-state index contributed by atoms with van der Waals surface area (Å²) in [6.45, 7) is 2.25. The van der Waals surface area contributed by atoms with Gasteiger partial charge in [-0.15, -0.1) is 0 Å². The van der Waals surface area contributed by atoms with Crippen molar-refractivity contribution in [1.29, 1.82) is 0 Å². The van der Waals surface area contributed by atoms with Crippen LogP contribution in [0.4, 0.5) is 5.69 Å². The quantitative estimate of drug-likeness (QED) is 0.214. The molecule has 0 bridgehead atoms. The van der Waals surface area contributed by atoms with Gasteiger partial charge in [0, 0.05) is 12.3 Å². The maximum atomic E-state index is 10.8. The minimum Gasteiger partial charge on any atom is -0.481 e.